The lowest BCUT2D eigenvalue weighted by molar-refractivity contribution is -0.0154. The second kappa shape index (κ2) is 6.91. The van der Waals surface area contributed by atoms with Gasteiger partial charge in [-0.3, -0.25) is 0 Å². The van der Waals surface area contributed by atoms with Crippen LogP contribution in [0.4, 0.5) is 0 Å². The van der Waals surface area contributed by atoms with E-state index in [-0.39, 0.29) is 12.0 Å². The molecule has 3 nitrogen and oxygen atoms in total. The summed E-state index contributed by atoms with van der Waals surface area (Å²) in [5.74, 6) is 0. The second-order valence-electron chi connectivity index (χ2n) is 5.09. The summed E-state index contributed by atoms with van der Waals surface area (Å²) in [6.07, 6.45) is 1.78. The first-order chi connectivity index (χ1) is 9.17. The van der Waals surface area contributed by atoms with Crippen LogP contribution in [0.25, 0.3) is 0 Å². The summed E-state index contributed by atoms with van der Waals surface area (Å²) in [7, 11) is 0. The monoisotopic (exact) mass is 303 g/mol. The lowest BCUT2D eigenvalue weighted by Crippen LogP contribution is -2.41. The Hall–Kier alpha value is -0.320. The van der Waals surface area contributed by atoms with E-state index in [0.29, 0.717) is 16.6 Å². The van der Waals surface area contributed by atoms with Crippen LogP contribution < -0.4 is 5.32 Å². The van der Waals surface area contributed by atoms with Gasteiger partial charge in [-0.05, 0) is 24.5 Å². The number of nitrogens with one attached hydrogen (secondary N) is 1. The van der Waals surface area contributed by atoms with Crippen molar-refractivity contribution < 1.29 is 9.84 Å². The standard InChI is InChI=1S/C14H19Cl2NO2/c15-12-3-1-2-11(13(12)16)8-17-9-14(10-18)4-6-19-7-5-14/h1-3,17-18H,4-10H2. The zero-order valence-corrected chi connectivity index (χ0v) is 12.3. The summed E-state index contributed by atoms with van der Waals surface area (Å²) >= 11 is 12.1. The fourth-order valence-corrected chi connectivity index (χ4v) is 2.73. The maximum absolute atomic E-state index is 9.59. The molecule has 0 unspecified atom stereocenters. The molecule has 0 amide bonds. The Kier molecular flexibility index (Phi) is 5.48. The first kappa shape index (κ1) is 15.1. The molecule has 5 heteroatoms. The molecule has 0 radical (unpaired) electrons. The van der Waals surface area contributed by atoms with E-state index >= 15 is 0 Å². The predicted octanol–water partition coefficient (Wildman–Crippen LogP) is 2.87. The molecule has 19 heavy (non-hydrogen) atoms. The van der Waals surface area contributed by atoms with Crippen molar-refractivity contribution in [1.29, 1.82) is 0 Å². The molecular weight excluding hydrogens is 285 g/mol. The van der Waals surface area contributed by atoms with Crippen LogP contribution in [0.15, 0.2) is 18.2 Å². The number of halogens is 2. The van der Waals surface area contributed by atoms with E-state index in [2.05, 4.69) is 5.32 Å². The van der Waals surface area contributed by atoms with Gasteiger partial charge in [0.15, 0.2) is 0 Å². The third-order valence-corrected chi connectivity index (χ3v) is 4.59. The Morgan fingerprint density at radius 3 is 2.68 bits per heavy atom. The van der Waals surface area contributed by atoms with Crippen LogP contribution in [0.3, 0.4) is 0 Å². The number of aliphatic hydroxyl groups is 1. The van der Waals surface area contributed by atoms with E-state index in [4.69, 9.17) is 27.9 Å². The van der Waals surface area contributed by atoms with Crippen molar-refractivity contribution in [2.75, 3.05) is 26.4 Å². The fourth-order valence-electron chi connectivity index (χ4n) is 2.34. The highest BCUT2D eigenvalue weighted by atomic mass is 35.5. The van der Waals surface area contributed by atoms with Gasteiger partial charge in [0, 0.05) is 31.7 Å². The molecule has 106 valence electrons. The summed E-state index contributed by atoms with van der Waals surface area (Å²) < 4.78 is 5.35. The highest BCUT2D eigenvalue weighted by molar-refractivity contribution is 6.42. The van der Waals surface area contributed by atoms with Crippen LogP contribution >= 0.6 is 23.2 Å². The lowest BCUT2D eigenvalue weighted by Gasteiger charge is -2.35. The van der Waals surface area contributed by atoms with Crippen LogP contribution in [0.2, 0.25) is 10.0 Å². The number of rotatable bonds is 5. The topological polar surface area (TPSA) is 41.5 Å². The minimum atomic E-state index is -0.0662. The molecule has 0 aromatic heterocycles. The SMILES string of the molecule is OCC1(CNCc2cccc(Cl)c2Cl)CCOCC1. The van der Waals surface area contributed by atoms with Crippen molar-refractivity contribution >= 4 is 23.2 Å². The van der Waals surface area contributed by atoms with Gasteiger partial charge in [0.1, 0.15) is 0 Å². The molecule has 1 heterocycles. The summed E-state index contributed by atoms with van der Waals surface area (Å²) in [6, 6.07) is 5.62. The molecule has 0 atom stereocenters. The zero-order chi connectivity index (χ0) is 13.7. The van der Waals surface area contributed by atoms with Crippen LogP contribution in [0.1, 0.15) is 18.4 Å². The fraction of sp³-hybridized carbons (Fsp3) is 0.571. The molecular formula is C14H19Cl2NO2. The molecule has 1 aliphatic heterocycles. The maximum Gasteiger partial charge on any atom is 0.0637 e. The molecule has 1 aromatic carbocycles. The smallest absolute Gasteiger partial charge is 0.0637 e. The highest BCUT2D eigenvalue weighted by Gasteiger charge is 2.31. The van der Waals surface area contributed by atoms with Crippen LogP contribution in [-0.4, -0.2) is 31.5 Å². The van der Waals surface area contributed by atoms with E-state index in [1.54, 1.807) is 6.07 Å². The van der Waals surface area contributed by atoms with Crippen molar-refractivity contribution in [2.45, 2.75) is 19.4 Å². The van der Waals surface area contributed by atoms with Crippen molar-refractivity contribution in [3.8, 4) is 0 Å². The average Bonchev–Trinajstić information content (AvgIpc) is 2.44. The Morgan fingerprint density at radius 2 is 2.00 bits per heavy atom. The summed E-state index contributed by atoms with van der Waals surface area (Å²) in [5.41, 5.74) is 0.915. The van der Waals surface area contributed by atoms with Crippen LogP contribution in [-0.2, 0) is 11.3 Å². The van der Waals surface area contributed by atoms with Gasteiger partial charge in [-0.2, -0.15) is 0 Å². The summed E-state index contributed by atoms with van der Waals surface area (Å²) in [6.45, 7) is 3.05. The van der Waals surface area contributed by atoms with Gasteiger partial charge >= 0.3 is 0 Å². The minimum absolute atomic E-state index is 0.0662. The Morgan fingerprint density at radius 1 is 1.26 bits per heavy atom. The molecule has 1 aliphatic rings. The second-order valence-corrected chi connectivity index (χ2v) is 5.87. The predicted molar refractivity (Wildman–Crippen MR) is 77.7 cm³/mol. The molecule has 0 saturated carbocycles. The number of hydrogen-bond acceptors (Lipinski definition) is 3. The van der Waals surface area contributed by atoms with E-state index in [1.807, 2.05) is 12.1 Å². The van der Waals surface area contributed by atoms with E-state index < -0.39 is 0 Å². The van der Waals surface area contributed by atoms with Crippen LogP contribution in [0, 0.1) is 5.41 Å². The van der Waals surface area contributed by atoms with Gasteiger partial charge in [0.05, 0.1) is 16.7 Å². The van der Waals surface area contributed by atoms with Gasteiger partial charge in [0.2, 0.25) is 0 Å². The van der Waals surface area contributed by atoms with E-state index in [1.165, 1.54) is 0 Å². The van der Waals surface area contributed by atoms with Crippen LogP contribution in [0.5, 0.6) is 0 Å². The molecule has 2 N–H and O–H groups in total. The van der Waals surface area contributed by atoms with E-state index in [9.17, 15) is 5.11 Å². The Bertz CT molecular complexity index is 420. The third kappa shape index (κ3) is 3.83. The lowest BCUT2D eigenvalue weighted by atomic mass is 9.81. The number of ether oxygens (including phenoxy) is 1. The quantitative estimate of drug-likeness (QED) is 0.879. The largest absolute Gasteiger partial charge is 0.396 e. The normalized spacial score (nSPS) is 18.5. The van der Waals surface area contributed by atoms with Crippen molar-refractivity contribution in [3.63, 3.8) is 0 Å². The van der Waals surface area contributed by atoms with E-state index in [0.717, 1.165) is 38.2 Å². The molecule has 2 rings (SSSR count). The van der Waals surface area contributed by atoms with Gasteiger partial charge in [-0.1, -0.05) is 35.3 Å². The molecule has 1 saturated heterocycles. The molecule has 0 spiro atoms. The number of benzene rings is 1. The first-order valence-electron chi connectivity index (χ1n) is 6.49. The summed E-state index contributed by atoms with van der Waals surface area (Å²) in [4.78, 5) is 0. The first-order valence-corrected chi connectivity index (χ1v) is 7.25. The van der Waals surface area contributed by atoms with Crippen molar-refractivity contribution in [2.24, 2.45) is 5.41 Å². The maximum atomic E-state index is 9.59. The number of hydrogen-bond donors (Lipinski definition) is 2. The minimum Gasteiger partial charge on any atom is -0.396 e. The Balaban J connectivity index is 1.90. The van der Waals surface area contributed by atoms with Crippen molar-refractivity contribution in [1.82, 2.24) is 5.32 Å². The average molecular weight is 304 g/mol. The van der Waals surface area contributed by atoms with Gasteiger partial charge in [-0.25, -0.2) is 0 Å². The zero-order valence-electron chi connectivity index (χ0n) is 10.8. The molecule has 0 aliphatic carbocycles. The van der Waals surface area contributed by atoms with Gasteiger partial charge in [-0.15, -0.1) is 0 Å². The molecule has 1 aromatic rings. The third-order valence-electron chi connectivity index (χ3n) is 3.74. The molecule has 1 fully saturated rings. The van der Waals surface area contributed by atoms with Gasteiger partial charge < -0.3 is 15.2 Å². The highest BCUT2D eigenvalue weighted by Crippen LogP contribution is 2.30. The van der Waals surface area contributed by atoms with Gasteiger partial charge in [0.25, 0.3) is 0 Å². The van der Waals surface area contributed by atoms with Crippen molar-refractivity contribution in [3.05, 3.63) is 33.8 Å². The summed E-state index contributed by atoms with van der Waals surface area (Å²) in [5, 5.41) is 14.1. The number of aliphatic hydroxyl groups excluding tert-OH is 1. The molecule has 0 bridgehead atoms. The Labute approximate surface area is 123 Å².